The van der Waals surface area contributed by atoms with Crippen molar-refractivity contribution in [2.75, 3.05) is 65.6 Å². The lowest BCUT2D eigenvalue weighted by Gasteiger charge is -2.35. The zero-order chi connectivity index (χ0) is 15.9. The molecule has 132 valence electrons. The highest BCUT2D eigenvalue weighted by atomic mass is 16.5. The first kappa shape index (κ1) is 17.0. The van der Waals surface area contributed by atoms with E-state index in [2.05, 4.69) is 15.5 Å². The summed E-state index contributed by atoms with van der Waals surface area (Å²) in [5, 5.41) is 6.57. The predicted octanol–water partition coefficient (Wildman–Crippen LogP) is 0.740. The molecule has 2 unspecified atom stereocenters. The van der Waals surface area contributed by atoms with Gasteiger partial charge >= 0.3 is 6.03 Å². The van der Waals surface area contributed by atoms with Gasteiger partial charge in [0, 0.05) is 45.9 Å². The van der Waals surface area contributed by atoms with Crippen molar-refractivity contribution in [3.05, 3.63) is 0 Å². The number of ether oxygens (including phenoxy) is 1. The van der Waals surface area contributed by atoms with Gasteiger partial charge in [-0.3, -0.25) is 4.90 Å². The van der Waals surface area contributed by atoms with Crippen molar-refractivity contribution in [3.63, 3.8) is 0 Å². The van der Waals surface area contributed by atoms with Crippen LogP contribution < -0.4 is 10.6 Å². The maximum absolute atomic E-state index is 12.4. The van der Waals surface area contributed by atoms with E-state index in [0.717, 1.165) is 84.3 Å². The monoisotopic (exact) mass is 324 g/mol. The summed E-state index contributed by atoms with van der Waals surface area (Å²) in [6.45, 7) is 9.56. The van der Waals surface area contributed by atoms with E-state index in [1.807, 2.05) is 4.90 Å². The van der Waals surface area contributed by atoms with Gasteiger partial charge in [0.1, 0.15) is 0 Å². The normalized spacial score (nSPS) is 30.2. The number of amides is 2. The van der Waals surface area contributed by atoms with Crippen LogP contribution in [-0.4, -0.2) is 81.4 Å². The van der Waals surface area contributed by atoms with E-state index in [4.69, 9.17) is 4.74 Å². The van der Waals surface area contributed by atoms with Crippen LogP contribution in [0, 0.1) is 11.8 Å². The predicted molar refractivity (Wildman–Crippen MR) is 90.5 cm³/mol. The second-order valence-electron chi connectivity index (χ2n) is 7.14. The number of hydrogen-bond acceptors (Lipinski definition) is 4. The van der Waals surface area contributed by atoms with Gasteiger partial charge in [-0.1, -0.05) is 0 Å². The number of carbonyl (C=O) groups is 1. The molecule has 0 aliphatic carbocycles. The fraction of sp³-hybridized carbons (Fsp3) is 0.941. The van der Waals surface area contributed by atoms with Crippen LogP contribution in [0.3, 0.4) is 0 Å². The third-order valence-electron chi connectivity index (χ3n) is 5.53. The Morgan fingerprint density at radius 1 is 1.13 bits per heavy atom. The van der Waals surface area contributed by atoms with E-state index in [0.29, 0.717) is 5.92 Å². The van der Waals surface area contributed by atoms with Crippen molar-refractivity contribution in [1.82, 2.24) is 20.4 Å². The molecule has 23 heavy (non-hydrogen) atoms. The molecule has 0 aromatic carbocycles. The fourth-order valence-electron chi connectivity index (χ4n) is 4.11. The number of nitrogens with one attached hydrogen (secondary N) is 2. The average molecular weight is 324 g/mol. The van der Waals surface area contributed by atoms with Gasteiger partial charge in [0.2, 0.25) is 0 Å². The molecule has 3 aliphatic heterocycles. The highest BCUT2D eigenvalue weighted by Crippen LogP contribution is 2.27. The number of rotatable bonds is 4. The SMILES string of the molecule is O=C(NCCN1CCCOCC1)N1CCCC(C2CCNC2)C1. The average Bonchev–Trinajstić information content (AvgIpc) is 3.00. The third kappa shape index (κ3) is 5.06. The second-order valence-corrected chi connectivity index (χ2v) is 7.14. The van der Waals surface area contributed by atoms with E-state index in [1.54, 1.807) is 0 Å². The molecule has 6 nitrogen and oxygen atoms in total. The molecular formula is C17H32N4O2. The summed E-state index contributed by atoms with van der Waals surface area (Å²) >= 11 is 0. The smallest absolute Gasteiger partial charge is 0.317 e. The van der Waals surface area contributed by atoms with Gasteiger partial charge in [-0.15, -0.1) is 0 Å². The van der Waals surface area contributed by atoms with Gasteiger partial charge in [0.05, 0.1) is 6.61 Å². The molecule has 0 saturated carbocycles. The van der Waals surface area contributed by atoms with E-state index in [9.17, 15) is 4.79 Å². The van der Waals surface area contributed by atoms with E-state index >= 15 is 0 Å². The minimum absolute atomic E-state index is 0.131. The van der Waals surface area contributed by atoms with E-state index in [1.165, 1.54) is 12.8 Å². The number of piperidine rings is 1. The van der Waals surface area contributed by atoms with Crippen LogP contribution in [0.4, 0.5) is 4.79 Å². The van der Waals surface area contributed by atoms with Crippen LogP contribution in [0.5, 0.6) is 0 Å². The number of likely N-dealkylation sites (tertiary alicyclic amines) is 1. The molecule has 3 rings (SSSR count). The molecule has 3 saturated heterocycles. The molecule has 0 spiro atoms. The van der Waals surface area contributed by atoms with Gasteiger partial charge in [-0.25, -0.2) is 4.79 Å². The molecule has 3 heterocycles. The van der Waals surface area contributed by atoms with Crippen LogP contribution in [0.1, 0.15) is 25.7 Å². The lowest BCUT2D eigenvalue weighted by atomic mass is 9.85. The van der Waals surface area contributed by atoms with Gasteiger partial charge in [-0.05, 0) is 50.6 Å². The Kier molecular flexibility index (Phi) is 6.54. The topological polar surface area (TPSA) is 56.8 Å². The molecule has 6 heteroatoms. The van der Waals surface area contributed by atoms with Crippen molar-refractivity contribution in [2.24, 2.45) is 11.8 Å². The standard InChI is InChI=1S/C17H32N4O2/c22-17(19-6-9-20-7-2-11-23-12-10-20)21-8-1-3-16(14-21)15-4-5-18-13-15/h15-16,18H,1-14H2,(H,19,22). The zero-order valence-electron chi connectivity index (χ0n) is 14.3. The largest absolute Gasteiger partial charge is 0.380 e. The van der Waals surface area contributed by atoms with Crippen LogP contribution in [0.25, 0.3) is 0 Å². The van der Waals surface area contributed by atoms with E-state index in [-0.39, 0.29) is 6.03 Å². The molecule has 0 aromatic rings. The molecule has 2 amide bonds. The van der Waals surface area contributed by atoms with Gasteiger partial charge in [-0.2, -0.15) is 0 Å². The number of carbonyl (C=O) groups excluding carboxylic acids is 1. The minimum atomic E-state index is 0.131. The zero-order valence-corrected chi connectivity index (χ0v) is 14.3. The molecule has 0 aromatic heterocycles. The minimum Gasteiger partial charge on any atom is -0.380 e. The highest BCUT2D eigenvalue weighted by Gasteiger charge is 2.30. The quantitative estimate of drug-likeness (QED) is 0.801. The summed E-state index contributed by atoms with van der Waals surface area (Å²) in [5.74, 6) is 1.45. The fourth-order valence-corrected chi connectivity index (χ4v) is 4.11. The summed E-state index contributed by atoms with van der Waals surface area (Å²) in [5.41, 5.74) is 0. The molecular weight excluding hydrogens is 292 g/mol. The number of nitrogens with zero attached hydrogens (tertiary/aromatic N) is 2. The number of urea groups is 1. The number of hydrogen-bond donors (Lipinski definition) is 2. The Labute approximate surface area is 139 Å². The molecule has 0 radical (unpaired) electrons. The Morgan fingerprint density at radius 3 is 2.96 bits per heavy atom. The van der Waals surface area contributed by atoms with Crippen LogP contribution in [0.15, 0.2) is 0 Å². The van der Waals surface area contributed by atoms with Crippen LogP contribution in [0.2, 0.25) is 0 Å². The highest BCUT2D eigenvalue weighted by molar-refractivity contribution is 5.74. The van der Waals surface area contributed by atoms with Crippen LogP contribution in [-0.2, 0) is 4.74 Å². The van der Waals surface area contributed by atoms with Crippen molar-refractivity contribution in [2.45, 2.75) is 25.7 Å². The van der Waals surface area contributed by atoms with E-state index < -0.39 is 0 Å². The first-order valence-electron chi connectivity index (χ1n) is 9.36. The lowest BCUT2D eigenvalue weighted by Crippen LogP contribution is -2.48. The lowest BCUT2D eigenvalue weighted by molar-refractivity contribution is 0.138. The molecule has 3 fully saturated rings. The molecule has 3 aliphatic rings. The van der Waals surface area contributed by atoms with Crippen molar-refractivity contribution < 1.29 is 9.53 Å². The molecule has 0 bridgehead atoms. The van der Waals surface area contributed by atoms with Crippen molar-refractivity contribution in [3.8, 4) is 0 Å². The molecule has 2 N–H and O–H groups in total. The maximum Gasteiger partial charge on any atom is 0.317 e. The Balaban J connectivity index is 1.37. The van der Waals surface area contributed by atoms with Crippen LogP contribution >= 0.6 is 0 Å². The van der Waals surface area contributed by atoms with Gasteiger partial charge in [0.15, 0.2) is 0 Å². The Bertz CT molecular complexity index is 366. The first-order valence-corrected chi connectivity index (χ1v) is 9.36. The summed E-state index contributed by atoms with van der Waals surface area (Å²) in [4.78, 5) is 16.8. The first-order chi connectivity index (χ1) is 11.3. The van der Waals surface area contributed by atoms with Gasteiger partial charge in [0.25, 0.3) is 0 Å². The summed E-state index contributed by atoms with van der Waals surface area (Å²) in [6, 6.07) is 0.131. The summed E-state index contributed by atoms with van der Waals surface area (Å²) in [6.07, 6.45) is 4.80. The van der Waals surface area contributed by atoms with Gasteiger partial charge < -0.3 is 20.3 Å². The molecule has 2 atom stereocenters. The second kappa shape index (κ2) is 8.85. The Morgan fingerprint density at radius 2 is 2.09 bits per heavy atom. The Hall–Kier alpha value is -0.850. The van der Waals surface area contributed by atoms with Crippen molar-refractivity contribution in [1.29, 1.82) is 0 Å². The maximum atomic E-state index is 12.4. The third-order valence-corrected chi connectivity index (χ3v) is 5.53. The summed E-state index contributed by atoms with van der Waals surface area (Å²) < 4.78 is 5.47. The summed E-state index contributed by atoms with van der Waals surface area (Å²) in [7, 11) is 0. The van der Waals surface area contributed by atoms with Crippen molar-refractivity contribution >= 4 is 6.03 Å².